The van der Waals surface area contributed by atoms with Crippen molar-refractivity contribution in [2.75, 3.05) is 6.61 Å². The molecule has 1 saturated heterocycles. The number of halogens is 2. The van der Waals surface area contributed by atoms with Gasteiger partial charge in [-0.2, -0.15) is 8.78 Å². The van der Waals surface area contributed by atoms with Crippen molar-refractivity contribution in [1.29, 1.82) is 0 Å². The Hall–Kier alpha value is -0.440. The lowest BCUT2D eigenvalue weighted by atomic mass is 9.70. The SMILES string of the molecule is CCCC(C)C1CCC(C2CCC(CCC3CCC(CCC=C(F)F)CC3)OC2)CC1. The Labute approximate surface area is 190 Å². The smallest absolute Gasteiger partial charge is 0.266 e. The first-order valence-corrected chi connectivity index (χ1v) is 13.7. The van der Waals surface area contributed by atoms with Crippen LogP contribution in [0.5, 0.6) is 0 Å². The molecule has 3 unspecified atom stereocenters. The molecule has 1 aliphatic heterocycles. The highest BCUT2D eigenvalue weighted by Gasteiger charge is 2.33. The Bertz CT molecular complexity index is 505. The highest BCUT2D eigenvalue weighted by Crippen LogP contribution is 2.41. The standard InChI is InChI=1S/C28H48F2O/c1-3-5-21(2)24-13-15-25(16-14-24)26-17-19-27(31-20-26)18-12-23-10-8-22(9-11-23)6-4-7-28(29)30/h7,21-27H,3-6,8-20H2,1-2H3. The van der Waals surface area contributed by atoms with Crippen molar-refractivity contribution < 1.29 is 13.5 Å². The third-order valence-electron chi connectivity index (χ3n) is 9.17. The summed E-state index contributed by atoms with van der Waals surface area (Å²) in [6.07, 6.45) is 20.3. The number of allylic oxidation sites excluding steroid dienone is 1. The molecule has 0 spiro atoms. The van der Waals surface area contributed by atoms with Gasteiger partial charge in [-0.3, -0.25) is 0 Å². The molecule has 3 atom stereocenters. The molecule has 3 aliphatic rings. The van der Waals surface area contributed by atoms with Gasteiger partial charge in [-0.15, -0.1) is 0 Å². The van der Waals surface area contributed by atoms with E-state index in [0.29, 0.717) is 18.4 Å². The van der Waals surface area contributed by atoms with Crippen molar-refractivity contribution in [1.82, 2.24) is 0 Å². The van der Waals surface area contributed by atoms with E-state index in [9.17, 15) is 8.78 Å². The fourth-order valence-electron chi connectivity index (χ4n) is 6.96. The van der Waals surface area contributed by atoms with Crippen molar-refractivity contribution in [2.45, 2.75) is 123 Å². The van der Waals surface area contributed by atoms with Gasteiger partial charge in [0.25, 0.3) is 6.08 Å². The van der Waals surface area contributed by atoms with Crippen LogP contribution in [0.2, 0.25) is 0 Å². The van der Waals surface area contributed by atoms with E-state index in [-0.39, 0.29) is 0 Å². The third kappa shape index (κ3) is 8.45. The van der Waals surface area contributed by atoms with Gasteiger partial charge in [0.05, 0.1) is 12.7 Å². The molecule has 1 nitrogen and oxygen atoms in total. The van der Waals surface area contributed by atoms with Crippen LogP contribution in [-0.4, -0.2) is 12.7 Å². The second-order valence-electron chi connectivity index (χ2n) is 11.3. The first-order valence-electron chi connectivity index (χ1n) is 13.7. The molecule has 0 amide bonds. The van der Waals surface area contributed by atoms with Gasteiger partial charge in [0.2, 0.25) is 0 Å². The van der Waals surface area contributed by atoms with Crippen molar-refractivity contribution in [3.8, 4) is 0 Å². The Morgan fingerprint density at radius 3 is 2.06 bits per heavy atom. The number of hydrogen-bond acceptors (Lipinski definition) is 1. The largest absolute Gasteiger partial charge is 0.378 e. The van der Waals surface area contributed by atoms with Gasteiger partial charge < -0.3 is 4.74 Å². The summed E-state index contributed by atoms with van der Waals surface area (Å²) >= 11 is 0. The van der Waals surface area contributed by atoms with Crippen LogP contribution in [0.1, 0.15) is 117 Å². The zero-order valence-corrected chi connectivity index (χ0v) is 20.3. The van der Waals surface area contributed by atoms with E-state index < -0.39 is 6.08 Å². The summed E-state index contributed by atoms with van der Waals surface area (Å²) in [5, 5.41) is 0. The highest BCUT2D eigenvalue weighted by molar-refractivity contribution is 4.84. The van der Waals surface area contributed by atoms with Gasteiger partial charge in [-0.1, -0.05) is 52.4 Å². The van der Waals surface area contributed by atoms with E-state index in [0.717, 1.165) is 48.7 Å². The predicted molar refractivity (Wildman–Crippen MR) is 126 cm³/mol. The lowest BCUT2D eigenvalue weighted by molar-refractivity contribution is -0.0457. The minimum absolute atomic E-state index is 0.493. The van der Waals surface area contributed by atoms with Crippen LogP contribution >= 0.6 is 0 Å². The fraction of sp³-hybridized carbons (Fsp3) is 0.929. The molecule has 2 aliphatic carbocycles. The molecule has 1 heterocycles. The van der Waals surface area contributed by atoms with Crippen LogP contribution < -0.4 is 0 Å². The maximum absolute atomic E-state index is 12.2. The van der Waals surface area contributed by atoms with Gasteiger partial charge in [0.1, 0.15) is 0 Å². The average molecular weight is 439 g/mol. The van der Waals surface area contributed by atoms with Gasteiger partial charge in [0.15, 0.2) is 0 Å². The van der Waals surface area contributed by atoms with Crippen LogP contribution in [0.15, 0.2) is 12.2 Å². The summed E-state index contributed by atoms with van der Waals surface area (Å²) in [5.74, 6) is 5.14. The van der Waals surface area contributed by atoms with Crippen LogP contribution in [-0.2, 0) is 4.74 Å². The molecule has 0 N–H and O–H groups in total. The van der Waals surface area contributed by atoms with Crippen LogP contribution in [0.25, 0.3) is 0 Å². The molecule has 0 bridgehead atoms. The van der Waals surface area contributed by atoms with Crippen molar-refractivity contribution >= 4 is 0 Å². The molecule has 3 rings (SSSR count). The molecular weight excluding hydrogens is 390 g/mol. The maximum Gasteiger partial charge on any atom is 0.266 e. The van der Waals surface area contributed by atoms with Crippen molar-refractivity contribution in [3.63, 3.8) is 0 Å². The first kappa shape index (κ1) is 25.2. The van der Waals surface area contributed by atoms with E-state index >= 15 is 0 Å². The summed E-state index contributed by atoms with van der Waals surface area (Å²) in [7, 11) is 0. The van der Waals surface area contributed by atoms with E-state index in [2.05, 4.69) is 13.8 Å². The Kier molecular flexibility index (Phi) is 10.8. The molecule has 3 heteroatoms. The second-order valence-corrected chi connectivity index (χ2v) is 11.3. The fourth-order valence-corrected chi connectivity index (χ4v) is 6.96. The lowest BCUT2D eigenvalue weighted by Gasteiger charge is -2.39. The van der Waals surface area contributed by atoms with E-state index in [1.54, 1.807) is 0 Å². The predicted octanol–water partition coefficient (Wildman–Crippen LogP) is 9.17. The molecule has 31 heavy (non-hydrogen) atoms. The maximum atomic E-state index is 12.2. The van der Waals surface area contributed by atoms with Crippen LogP contribution in [0.3, 0.4) is 0 Å². The highest BCUT2D eigenvalue weighted by atomic mass is 19.3. The number of rotatable bonds is 10. The lowest BCUT2D eigenvalue weighted by Crippen LogP contribution is -2.33. The van der Waals surface area contributed by atoms with Gasteiger partial charge in [-0.25, -0.2) is 0 Å². The minimum atomic E-state index is -1.52. The number of hydrogen-bond donors (Lipinski definition) is 0. The zero-order chi connectivity index (χ0) is 22.1. The topological polar surface area (TPSA) is 9.23 Å². The monoisotopic (exact) mass is 438 g/mol. The molecule has 0 aromatic carbocycles. The molecule has 3 fully saturated rings. The normalized spacial score (nSPS) is 35.5. The van der Waals surface area contributed by atoms with E-state index in [1.807, 2.05) is 0 Å². The van der Waals surface area contributed by atoms with E-state index in [4.69, 9.17) is 4.74 Å². The Balaban J connectivity index is 1.26. The Morgan fingerprint density at radius 1 is 0.839 bits per heavy atom. The number of ether oxygens (including phenoxy) is 1. The van der Waals surface area contributed by atoms with Gasteiger partial charge in [0, 0.05) is 0 Å². The van der Waals surface area contributed by atoms with Crippen LogP contribution in [0.4, 0.5) is 8.78 Å². The summed E-state index contributed by atoms with van der Waals surface area (Å²) in [5.41, 5.74) is 0. The molecule has 0 radical (unpaired) electrons. The molecular formula is C28H48F2O. The summed E-state index contributed by atoms with van der Waals surface area (Å²) in [6.45, 7) is 5.80. The van der Waals surface area contributed by atoms with Crippen molar-refractivity contribution in [3.05, 3.63) is 12.2 Å². The quantitative estimate of drug-likeness (QED) is 0.330. The summed E-state index contributed by atoms with van der Waals surface area (Å²) in [6, 6.07) is 0. The van der Waals surface area contributed by atoms with Crippen LogP contribution in [0, 0.1) is 35.5 Å². The zero-order valence-electron chi connectivity index (χ0n) is 20.3. The average Bonchev–Trinajstić information content (AvgIpc) is 2.79. The van der Waals surface area contributed by atoms with Gasteiger partial charge >= 0.3 is 0 Å². The van der Waals surface area contributed by atoms with Crippen molar-refractivity contribution in [2.24, 2.45) is 35.5 Å². The minimum Gasteiger partial charge on any atom is -0.378 e. The summed E-state index contributed by atoms with van der Waals surface area (Å²) < 4.78 is 30.7. The molecule has 180 valence electrons. The summed E-state index contributed by atoms with van der Waals surface area (Å²) in [4.78, 5) is 0. The van der Waals surface area contributed by atoms with E-state index in [1.165, 1.54) is 89.9 Å². The molecule has 0 aromatic heterocycles. The van der Waals surface area contributed by atoms with Gasteiger partial charge in [-0.05, 0) is 106 Å². The Morgan fingerprint density at radius 2 is 1.48 bits per heavy atom. The third-order valence-corrected chi connectivity index (χ3v) is 9.17. The molecule has 2 saturated carbocycles. The second kappa shape index (κ2) is 13.3. The molecule has 0 aromatic rings. The first-order chi connectivity index (χ1) is 15.0.